The molecule has 204 valence electrons. The standard InChI is InChI=1S/C30H52N4O2/c1-8-21-25-17-19(2)13-15-30(25,5)24-14-16-29(4)22(20(3)9-12-26-31-32-33-34(26)6)10-11-23(29)27(24)28(21)36-18-35-7/h19-25,27-28H,8-18H2,1-7H3/t19-,20-,21-,22-,23?,24?,25+,27?,28?,29-,30-/m1/s1. The molecular formula is C30H52N4O2. The molecule has 11 atom stereocenters. The van der Waals surface area contributed by atoms with E-state index >= 15 is 0 Å². The molecule has 4 aliphatic rings. The van der Waals surface area contributed by atoms with E-state index in [0.717, 1.165) is 41.8 Å². The maximum absolute atomic E-state index is 6.75. The van der Waals surface area contributed by atoms with Gasteiger partial charge in [-0.3, -0.25) is 0 Å². The first-order chi connectivity index (χ1) is 17.2. The lowest BCUT2D eigenvalue weighted by Crippen LogP contribution is -2.62. The van der Waals surface area contributed by atoms with Gasteiger partial charge in [0.05, 0.1) is 6.10 Å². The zero-order chi connectivity index (χ0) is 25.7. The molecule has 36 heavy (non-hydrogen) atoms. The predicted octanol–water partition coefficient (Wildman–Crippen LogP) is 6.31. The lowest BCUT2D eigenvalue weighted by Gasteiger charge is -2.65. The van der Waals surface area contributed by atoms with Gasteiger partial charge in [0.25, 0.3) is 0 Å². The Labute approximate surface area is 219 Å². The van der Waals surface area contributed by atoms with Crippen LogP contribution in [0.4, 0.5) is 0 Å². The van der Waals surface area contributed by atoms with Crippen molar-refractivity contribution < 1.29 is 9.47 Å². The number of aromatic nitrogens is 4. The third kappa shape index (κ3) is 4.26. The monoisotopic (exact) mass is 500 g/mol. The van der Waals surface area contributed by atoms with Gasteiger partial charge in [-0.1, -0.05) is 47.5 Å². The summed E-state index contributed by atoms with van der Waals surface area (Å²) in [6, 6.07) is 0. The second-order valence-electron chi connectivity index (χ2n) is 13.9. The number of hydrogen-bond donors (Lipinski definition) is 0. The minimum Gasteiger partial charge on any atom is -0.359 e. The molecule has 4 fully saturated rings. The van der Waals surface area contributed by atoms with Gasteiger partial charge >= 0.3 is 0 Å². The summed E-state index contributed by atoms with van der Waals surface area (Å²) in [5, 5.41) is 12.1. The summed E-state index contributed by atoms with van der Waals surface area (Å²) in [5.74, 6) is 7.06. The molecule has 1 aromatic heterocycles. The fraction of sp³-hybridized carbons (Fsp3) is 0.967. The van der Waals surface area contributed by atoms with Crippen molar-refractivity contribution in [1.82, 2.24) is 20.2 Å². The van der Waals surface area contributed by atoms with E-state index in [-0.39, 0.29) is 0 Å². The molecule has 0 bridgehead atoms. The second-order valence-corrected chi connectivity index (χ2v) is 13.9. The maximum atomic E-state index is 6.75. The highest BCUT2D eigenvalue weighted by Crippen LogP contribution is 2.70. The van der Waals surface area contributed by atoms with Crippen LogP contribution in [0, 0.1) is 58.2 Å². The van der Waals surface area contributed by atoms with Crippen molar-refractivity contribution in [3.05, 3.63) is 5.82 Å². The Bertz CT molecular complexity index is 890. The Balaban J connectivity index is 1.41. The Morgan fingerprint density at radius 3 is 2.50 bits per heavy atom. The molecule has 4 aliphatic carbocycles. The van der Waals surface area contributed by atoms with Gasteiger partial charge in [-0.2, -0.15) is 0 Å². The van der Waals surface area contributed by atoms with Crippen LogP contribution in [0.3, 0.4) is 0 Å². The van der Waals surface area contributed by atoms with Crippen LogP contribution >= 0.6 is 0 Å². The minimum atomic E-state index is 0.353. The highest BCUT2D eigenvalue weighted by atomic mass is 16.7. The number of fused-ring (bicyclic) bond motifs is 5. The van der Waals surface area contributed by atoms with Crippen LogP contribution in [0.5, 0.6) is 0 Å². The van der Waals surface area contributed by atoms with Gasteiger partial charge in [0.2, 0.25) is 0 Å². The molecule has 0 amide bonds. The number of aryl methyl sites for hydroxylation is 2. The number of tetrazole rings is 1. The van der Waals surface area contributed by atoms with Crippen molar-refractivity contribution in [2.75, 3.05) is 13.9 Å². The Morgan fingerprint density at radius 2 is 1.81 bits per heavy atom. The van der Waals surface area contributed by atoms with Crippen molar-refractivity contribution in [3.63, 3.8) is 0 Å². The molecule has 5 rings (SSSR count). The van der Waals surface area contributed by atoms with E-state index in [1.807, 2.05) is 11.7 Å². The lowest BCUT2D eigenvalue weighted by molar-refractivity contribution is -0.231. The lowest BCUT2D eigenvalue weighted by atomic mass is 9.41. The molecule has 0 spiro atoms. The van der Waals surface area contributed by atoms with Gasteiger partial charge < -0.3 is 9.47 Å². The van der Waals surface area contributed by atoms with Crippen molar-refractivity contribution >= 4 is 0 Å². The summed E-state index contributed by atoms with van der Waals surface area (Å²) in [7, 11) is 3.75. The zero-order valence-electron chi connectivity index (χ0n) is 24.1. The third-order valence-electron chi connectivity index (χ3n) is 12.3. The molecule has 0 saturated heterocycles. The van der Waals surface area contributed by atoms with Crippen LogP contribution in [0.2, 0.25) is 0 Å². The van der Waals surface area contributed by atoms with E-state index in [2.05, 4.69) is 50.1 Å². The van der Waals surface area contributed by atoms with Gasteiger partial charge in [0, 0.05) is 20.6 Å². The quantitative estimate of drug-likeness (QED) is 0.392. The van der Waals surface area contributed by atoms with Crippen LogP contribution in [0.25, 0.3) is 0 Å². The largest absolute Gasteiger partial charge is 0.359 e. The van der Waals surface area contributed by atoms with E-state index < -0.39 is 0 Å². The second kappa shape index (κ2) is 10.3. The van der Waals surface area contributed by atoms with Gasteiger partial charge in [-0.15, -0.1) is 5.10 Å². The molecule has 4 saturated carbocycles. The average molecular weight is 501 g/mol. The summed E-state index contributed by atoms with van der Waals surface area (Å²) < 4.78 is 14.1. The summed E-state index contributed by atoms with van der Waals surface area (Å²) in [4.78, 5) is 0. The molecule has 0 N–H and O–H groups in total. The molecule has 0 radical (unpaired) electrons. The molecule has 4 unspecified atom stereocenters. The van der Waals surface area contributed by atoms with E-state index in [0.29, 0.717) is 41.5 Å². The van der Waals surface area contributed by atoms with E-state index in [1.165, 1.54) is 57.8 Å². The smallest absolute Gasteiger partial charge is 0.150 e. The topological polar surface area (TPSA) is 62.1 Å². The van der Waals surface area contributed by atoms with Crippen LogP contribution in [-0.2, 0) is 22.9 Å². The highest BCUT2D eigenvalue weighted by molar-refractivity contribution is 5.13. The summed E-state index contributed by atoms with van der Waals surface area (Å²) in [5.41, 5.74) is 0.894. The summed E-state index contributed by atoms with van der Waals surface area (Å²) >= 11 is 0. The average Bonchev–Trinajstić information content (AvgIpc) is 3.43. The van der Waals surface area contributed by atoms with E-state index in [9.17, 15) is 0 Å². The minimum absolute atomic E-state index is 0.353. The molecule has 0 aromatic carbocycles. The van der Waals surface area contributed by atoms with E-state index in [4.69, 9.17) is 9.47 Å². The normalized spacial score (nSPS) is 45.1. The molecular weight excluding hydrogens is 448 g/mol. The number of rotatable bonds is 8. The first kappa shape index (κ1) is 26.6. The maximum Gasteiger partial charge on any atom is 0.150 e. The van der Waals surface area contributed by atoms with Crippen LogP contribution in [0.1, 0.15) is 98.2 Å². The van der Waals surface area contributed by atoms with Gasteiger partial charge in [0.15, 0.2) is 5.82 Å². The van der Waals surface area contributed by atoms with Crippen molar-refractivity contribution in [2.24, 2.45) is 65.2 Å². The van der Waals surface area contributed by atoms with Gasteiger partial charge in [0.1, 0.15) is 6.79 Å². The number of methoxy groups -OCH3 is 1. The molecule has 1 heterocycles. The van der Waals surface area contributed by atoms with Crippen LogP contribution in [-0.4, -0.2) is 40.2 Å². The highest BCUT2D eigenvalue weighted by Gasteiger charge is 2.65. The first-order valence-corrected chi connectivity index (χ1v) is 15.1. The first-order valence-electron chi connectivity index (χ1n) is 15.1. The Kier molecular flexibility index (Phi) is 7.59. The number of nitrogens with zero attached hydrogens (tertiary/aromatic N) is 4. The SMILES string of the molecule is CC[C@H]1C(OCOC)C2C3CC[C@H]([C@H](C)CCc4nnnn4C)[C@@]3(C)CCC2[C@@]2(C)CC[C@@H](C)C[C@@H]12. The van der Waals surface area contributed by atoms with Crippen molar-refractivity contribution in [3.8, 4) is 0 Å². The molecule has 6 heteroatoms. The fourth-order valence-electron chi connectivity index (χ4n) is 10.5. The number of hydrogen-bond acceptors (Lipinski definition) is 5. The molecule has 6 nitrogen and oxygen atoms in total. The summed E-state index contributed by atoms with van der Waals surface area (Å²) in [6.45, 7) is 13.2. The Hall–Kier alpha value is -1.01. The fourth-order valence-corrected chi connectivity index (χ4v) is 10.5. The number of ether oxygens (including phenoxy) is 2. The summed E-state index contributed by atoms with van der Waals surface area (Å²) in [6.07, 6.45) is 13.5. The zero-order valence-corrected chi connectivity index (χ0v) is 24.1. The van der Waals surface area contributed by atoms with Crippen molar-refractivity contribution in [1.29, 1.82) is 0 Å². The van der Waals surface area contributed by atoms with Crippen LogP contribution < -0.4 is 0 Å². The predicted molar refractivity (Wildman–Crippen MR) is 142 cm³/mol. The third-order valence-corrected chi connectivity index (χ3v) is 12.3. The molecule has 0 aliphatic heterocycles. The Morgan fingerprint density at radius 1 is 1.06 bits per heavy atom. The van der Waals surface area contributed by atoms with Crippen molar-refractivity contribution in [2.45, 2.75) is 105 Å². The molecule has 1 aromatic rings. The van der Waals surface area contributed by atoms with E-state index in [1.54, 1.807) is 7.11 Å². The van der Waals surface area contributed by atoms with Gasteiger partial charge in [-0.05, 0) is 114 Å². The van der Waals surface area contributed by atoms with Gasteiger partial charge in [-0.25, -0.2) is 4.68 Å². The van der Waals surface area contributed by atoms with Crippen LogP contribution in [0.15, 0.2) is 0 Å².